The molecule has 3 heterocycles. The van der Waals surface area contributed by atoms with Crippen LogP contribution in [0.15, 0.2) is 70.9 Å². The third-order valence-electron chi connectivity index (χ3n) is 5.73. The molecule has 2 aliphatic rings. The Balaban J connectivity index is 1.75. The number of rotatable bonds is 2. The Morgan fingerprint density at radius 2 is 1.86 bits per heavy atom. The fourth-order valence-corrected chi connectivity index (χ4v) is 4.53. The zero-order chi connectivity index (χ0) is 20.2. The molecule has 1 aliphatic heterocycles. The average molecular weight is 386 g/mol. The molecule has 1 atom stereocenters. The predicted molar refractivity (Wildman–Crippen MR) is 111 cm³/mol. The monoisotopic (exact) mass is 386 g/mol. The standard InChI is InChI=1S/C23H22N4O2/c1-23(2)11-16-19(17(28)12-23)18(14-7-6-10-24-13-14)20-21(25-16)26-27(22(20)29)15-8-4-3-5-9-15/h3-10,13,18,25-26H,11-12H2,1-2H3/t18-/m1/s1. The lowest BCUT2D eigenvalue weighted by Crippen LogP contribution is -2.35. The molecule has 2 N–H and O–H groups in total. The first-order chi connectivity index (χ1) is 13.9. The highest BCUT2D eigenvalue weighted by Gasteiger charge is 2.42. The largest absolute Gasteiger partial charge is 0.343 e. The van der Waals surface area contributed by atoms with Crippen molar-refractivity contribution in [3.05, 3.63) is 87.6 Å². The number of hydrogen-bond acceptors (Lipinski definition) is 4. The number of aromatic nitrogens is 3. The molecule has 2 aromatic heterocycles. The zero-order valence-corrected chi connectivity index (χ0v) is 16.4. The molecule has 5 rings (SSSR count). The van der Waals surface area contributed by atoms with Crippen molar-refractivity contribution >= 4 is 11.6 Å². The number of ketones is 1. The number of aromatic amines is 1. The van der Waals surface area contributed by atoms with E-state index in [-0.39, 0.29) is 16.8 Å². The summed E-state index contributed by atoms with van der Waals surface area (Å²) in [6.45, 7) is 4.20. The molecule has 0 fully saturated rings. The van der Waals surface area contributed by atoms with Gasteiger partial charge in [0.25, 0.3) is 5.56 Å². The normalized spacial score (nSPS) is 20.1. The van der Waals surface area contributed by atoms with Crippen molar-refractivity contribution in [3.63, 3.8) is 0 Å². The summed E-state index contributed by atoms with van der Waals surface area (Å²) in [5.74, 6) is 0.319. The Morgan fingerprint density at radius 3 is 2.59 bits per heavy atom. The van der Waals surface area contributed by atoms with E-state index in [1.54, 1.807) is 12.4 Å². The van der Waals surface area contributed by atoms with E-state index in [1.165, 1.54) is 4.68 Å². The summed E-state index contributed by atoms with van der Waals surface area (Å²) in [5.41, 5.74) is 3.48. The number of nitrogens with one attached hydrogen (secondary N) is 2. The van der Waals surface area contributed by atoms with Gasteiger partial charge in [-0.15, -0.1) is 0 Å². The number of allylic oxidation sites excluding steroid dienone is 2. The van der Waals surface area contributed by atoms with Gasteiger partial charge >= 0.3 is 0 Å². The highest BCUT2D eigenvalue weighted by atomic mass is 16.1. The lowest BCUT2D eigenvalue weighted by atomic mass is 9.69. The zero-order valence-electron chi connectivity index (χ0n) is 16.4. The van der Waals surface area contributed by atoms with Crippen molar-refractivity contribution in [2.24, 2.45) is 5.41 Å². The molecule has 0 saturated heterocycles. The molecular formula is C23H22N4O2. The van der Waals surface area contributed by atoms with Crippen LogP contribution in [0.25, 0.3) is 5.69 Å². The summed E-state index contributed by atoms with van der Waals surface area (Å²) < 4.78 is 1.54. The minimum Gasteiger partial charge on any atom is -0.343 e. The molecule has 0 spiro atoms. The van der Waals surface area contributed by atoms with Gasteiger partial charge in [-0.25, -0.2) is 4.68 Å². The summed E-state index contributed by atoms with van der Waals surface area (Å²) in [5, 5.41) is 6.60. The van der Waals surface area contributed by atoms with E-state index in [0.29, 0.717) is 23.4 Å². The SMILES string of the molecule is CC1(C)CC(=O)C2=C(C1)Nc1[nH]n(-c3ccccc3)c(=O)c1[C@@H]2c1cccnc1. The van der Waals surface area contributed by atoms with Gasteiger partial charge in [-0.05, 0) is 35.6 Å². The van der Waals surface area contributed by atoms with Crippen LogP contribution in [0.4, 0.5) is 5.82 Å². The average Bonchev–Trinajstić information content (AvgIpc) is 3.03. The molecule has 1 aromatic carbocycles. The minimum atomic E-state index is -0.424. The van der Waals surface area contributed by atoms with E-state index in [1.807, 2.05) is 42.5 Å². The number of H-pyrrole nitrogens is 1. The van der Waals surface area contributed by atoms with Crippen molar-refractivity contribution in [1.29, 1.82) is 0 Å². The highest BCUT2D eigenvalue weighted by molar-refractivity contribution is 6.01. The summed E-state index contributed by atoms with van der Waals surface area (Å²) in [6.07, 6.45) is 4.67. The Labute approximate surface area is 168 Å². The lowest BCUT2D eigenvalue weighted by Gasteiger charge is -2.37. The van der Waals surface area contributed by atoms with Crippen LogP contribution < -0.4 is 10.9 Å². The van der Waals surface area contributed by atoms with Crippen molar-refractivity contribution < 1.29 is 4.79 Å². The van der Waals surface area contributed by atoms with Gasteiger partial charge in [-0.3, -0.25) is 19.7 Å². The maximum Gasteiger partial charge on any atom is 0.277 e. The van der Waals surface area contributed by atoms with Crippen LogP contribution in [0.1, 0.15) is 43.7 Å². The van der Waals surface area contributed by atoms with E-state index >= 15 is 0 Å². The highest BCUT2D eigenvalue weighted by Crippen LogP contribution is 2.47. The lowest BCUT2D eigenvalue weighted by molar-refractivity contribution is -0.118. The third kappa shape index (κ3) is 2.83. The Bertz CT molecular complexity index is 1190. The fraction of sp³-hybridized carbons (Fsp3) is 0.261. The van der Waals surface area contributed by atoms with Gasteiger partial charge < -0.3 is 5.32 Å². The van der Waals surface area contributed by atoms with E-state index in [9.17, 15) is 9.59 Å². The van der Waals surface area contributed by atoms with E-state index in [2.05, 4.69) is 29.2 Å². The van der Waals surface area contributed by atoms with Crippen molar-refractivity contribution in [3.8, 4) is 5.69 Å². The number of carbonyl (C=O) groups excluding carboxylic acids is 1. The smallest absolute Gasteiger partial charge is 0.277 e. The van der Waals surface area contributed by atoms with Crippen LogP contribution in [-0.4, -0.2) is 20.5 Å². The van der Waals surface area contributed by atoms with Crippen molar-refractivity contribution in [2.75, 3.05) is 5.32 Å². The van der Waals surface area contributed by atoms with Crippen molar-refractivity contribution in [2.45, 2.75) is 32.6 Å². The van der Waals surface area contributed by atoms with Gasteiger partial charge in [0.15, 0.2) is 5.78 Å². The minimum absolute atomic E-state index is 0.0927. The van der Waals surface area contributed by atoms with Gasteiger partial charge in [0, 0.05) is 36.0 Å². The van der Waals surface area contributed by atoms with Crippen LogP contribution in [0.2, 0.25) is 0 Å². The Hall–Kier alpha value is -3.41. The number of para-hydroxylation sites is 1. The second-order valence-electron chi connectivity index (χ2n) is 8.55. The van der Waals surface area contributed by atoms with Crippen molar-refractivity contribution in [1.82, 2.24) is 14.8 Å². The molecular weight excluding hydrogens is 364 g/mol. The topological polar surface area (TPSA) is 79.8 Å². The third-order valence-corrected chi connectivity index (χ3v) is 5.73. The number of pyridine rings is 1. The van der Waals surface area contributed by atoms with Crippen LogP contribution in [0.3, 0.4) is 0 Å². The Kier molecular flexibility index (Phi) is 3.84. The number of benzene rings is 1. The quantitative estimate of drug-likeness (QED) is 0.703. The van der Waals surface area contributed by atoms with Crippen LogP contribution in [-0.2, 0) is 4.79 Å². The molecule has 146 valence electrons. The molecule has 0 amide bonds. The van der Waals surface area contributed by atoms with Gasteiger partial charge in [0.05, 0.1) is 11.3 Å². The molecule has 0 saturated carbocycles. The van der Waals surface area contributed by atoms with E-state index in [0.717, 1.165) is 23.4 Å². The molecule has 1 aliphatic carbocycles. The van der Waals surface area contributed by atoms with Gasteiger partial charge in [0.1, 0.15) is 5.82 Å². The molecule has 29 heavy (non-hydrogen) atoms. The van der Waals surface area contributed by atoms with Crippen LogP contribution in [0.5, 0.6) is 0 Å². The van der Waals surface area contributed by atoms with Gasteiger partial charge in [0.2, 0.25) is 0 Å². The van der Waals surface area contributed by atoms with Gasteiger partial charge in [-0.1, -0.05) is 38.1 Å². The van der Waals surface area contributed by atoms with Gasteiger partial charge in [-0.2, -0.15) is 0 Å². The molecule has 0 bridgehead atoms. The molecule has 6 heteroatoms. The molecule has 3 aromatic rings. The first kappa shape index (κ1) is 17.7. The number of Topliss-reactive ketones (excluding diaryl/α,β-unsaturated/α-hetero) is 1. The van der Waals surface area contributed by atoms with E-state index in [4.69, 9.17) is 0 Å². The molecule has 0 unspecified atom stereocenters. The van der Waals surface area contributed by atoms with E-state index < -0.39 is 5.92 Å². The Morgan fingerprint density at radius 1 is 1.07 bits per heavy atom. The summed E-state index contributed by atoms with van der Waals surface area (Å²) in [7, 11) is 0. The number of anilines is 1. The summed E-state index contributed by atoms with van der Waals surface area (Å²) >= 11 is 0. The molecule has 6 nitrogen and oxygen atoms in total. The summed E-state index contributed by atoms with van der Waals surface area (Å²) in [6, 6.07) is 13.2. The second-order valence-corrected chi connectivity index (χ2v) is 8.55. The number of nitrogens with zero attached hydrogens (tertiary/aromatic N) is 2. The number of fused-ring (bicyclic) bond motifs is 1. The maximum absolute atomic E-state index is 13.4. The number of carbonyl (C=O) groups is 1. The second kappa shape index (κ2) is 6.30. The summed E-state index contributed by atoms with van der Waals surface area (Å²) in [4.78, 5) is 30.9. The predicted octanol–water partition coefficient (Wildman–Crippen LogP) is 3.76. The van der Waals surface area contributed by atoms with Crippen LogP contribution in [0, 0.1) is 5.41 Å². The number of hydrogen-bond donors (Lipinski definition) is 2. The first-order valence-electron chi connectivity index (χ1n) is 9.78. The van der Waals surface area contributed by atoms with Crippen LogP contribution >= 0.6 is 0 Å². The maximum atomic E-state index is 13.4. The first-order valence-corrected chi connectivity index (χ1v) is 9.78. The molecule has 0 radical (unpaired) electrons. The fourth-order valence-electron chi connectivity index (χ4n) is 4.53.